The monoisotopic (exact) mass is 487 g/mol. The maximum absolute atomic E-state index is 12.1. The Bertz CT molecular complexity index is 993. The van der Waals surface area contributed by atoms with Crippen molar-refractivity contribution >= 4 is 45.1 Å². The van der Waals surface area contributed by atoms with Gasteiger partial charge in [0.05, 0.1) is 0 Å². The van der Waals surface area contributed by atoms with Gasteiger partial charge in [0.1, 0.15) is 0 Å². The van der Waals surface area contributed by atoms with Gasteiger partial charge >= 0.3 is 0 Å². The molecule has 0 aliphatic carbocycles. The largest absolute Gasteiger partial charge is 0.345 e. The van der Waals surface area contributed by atoms with E-state index in [1.54, 1.807) is 25.1 Å². The van der Waals surface area contributed by atoms with E-state index in [9.17, 15) is 4.79 Å². The third-order valence-electron chi connectivity index (χ3n) is 5.26. The smallest absolute Gasteiger partial charge is 0.253 e. The Labute approximate surface area is 192 Å². The summed E-state index contributed by atoms with van der Waals surface area (Å²) in [6.07, 6.45) is 7.21. The third-order valence-corrected chi connectivity index (χ3v) is 6.27. The maximum Gasteiger partial charge on any atom is 0.253 e. The van der Waals surface area contributed by atoms with E-state index >= 15 is 0 Å². The Morgan fingerprint density at radius 2 is 2.10 bits per heavy atom. The molecule has 3 rings (SSSR count). The number of nitrogens with zero attached hydrogens (tertiary/aromatic N) is 3. The fourth-order valence-electron chi connectivity index (χ4n) is 3.63. The fourth-order valence-corrected chi connectivity index (χ4v) is 4.45. The van der Waals surface area contributed by atoms with E-state index in [2.05, 4.69) is 44.9 Å². The number of aryl methyl sites for hydroxylation is 1. The van der Waals surface area contributed by atoms with Crippen LogP contribution in [0, 0.1) is 6.92 Å². The van der Waals surface area contributed by atoms with Crippen molar-refractivity contribution < 1.29 is 4.79 Å². The van der Waals surface area contributed by atoms with Gasteiger partial charge in [-0.05, 0) is 49.6 Å². The second kappa shape index (κ2) is 9.90. The first-order valence-corrected chi connectivity index (χ1v) is 11.1. The predicted molar refractivity (Wildman–Crippen MR) is 129 cm³/mol. The summed E-state index contributed by atoms with van der Waals surface area (Å²) in [6, 6.07) is 7.57. The number of hydrogen-bond acceptors (Lipinski definition) is 3. The highest BCUT2D eigenvalue weighted by molar-refractivity contribution is 9.10. The highest BCUT2D eigenvalue weighted by Crippen LogP contribution is 2.30. The molecule has 4 nitrogen and oxygen atoms in total. The Morgan fingerprint density at radius 1 is 1.33 bits per heavy atom. The predicted octanol–water partition coefficient (Wildman–Crippen LogP) is 5.70. The van der Waals surface area contributed by atoms with Gasteiger partial charge in [-0.2, -0.15) is 0 Å². The van der Waals surface area contributed by atoms with Gasteiger partial charge in [-0.25, -0.2) is 0 Å². The molecule has 0 bridgehead atoms. The molecule has 0 fully saturated rings. The van der Waals surface area contributed by atoms with Crippen molar-refractivity contribution in [1.82, 2.24) is 14.8 Å². The van der Waals surface area contributed by atoms with E-state index < -0.39 is 0 Å². The fraction of sp³-hybridized carbons (Fsp3) is 0.333. The minimum absolute atomic E-state index is 0.0370. The highest BCUT2D eigenvalue weighted by Gasteiger charge is 2.17. The lowest BCUT2D eigenvalue weighted by molar-refractivity contribution is 0.0827. The van der Waals surface area contributed by atoms with Gasteiger partial charge in [0.15, 0.2) is 0 Å². The molecular weight excluding hydrogens is 462 g/mol. The van der Waals surface area contributed by atoms with Crippen LogP contribution < -0.4 is 0 Å². The minimum Gasteiger partial charge on any atom is -0.345 e. The van der Waals surface area contributed by atoms with Crippen LogP contribution in [0.25, 0.3) is 11.6 Å². The minimum atomic E-state index is -0.0370. The van der Waals surface area contributed by atoms with Crippen molar-refractivity contribution in [2.75, 3.05) is 33.7 Å². The molecule has 0 atom stereocenters. The van der Waals surface area contributed by atoms with Gasteiger partial charge in [0, 0.05) is 66.2 Å². The van der Waals surface area contributed by atoms with Crippen LogP contribution in [0.4, 0.5) is 0 Å². The number of aromatic nitrogens is 1. The summed E-state index contributed by atoms with van der Waals surface area (Å²) in [5.41, 5.74) is 6.34. The average molecular weight is 489 g/mol. The van der Waals surface area contributed by atoms with Crippen LogP contribution in [0.1, 0.15) is 40.5 Å². The zero-order chi connectivity index (χ0) is 21.8. The molecule has 1 aromatic carbocycles. The molecule has 1 aliphatic heterocycles. The zero-order valence-electron chi connectivity index (χ0n) is 17.9. The molecule has 0 unspecified atom stereocenters. The van der Waals surface area contributed by atoms with Gasteiger partial charge in [0.2, 0.25) is 0 Å². The van der Waals surface area contributed by atoms with Crippen LogP contribution in [0.3, 0.4) is 0 Å². The zero-order valence-corrected chi connectivity index (χ0v) is 20.2. The van der Waals surface area contributed by atoms with Crippen LogP contribution in [-0.2, 0) is 0 Å². The third kappa shape index (κ3) is 5.39. The van der Waals surface area contributed by atoms with Crippen LogP contribution in [-0.4, -0.2) is 54.4 Å². The number of rotatable bonds is 5. The lowest BCUT2D eigenvalue weighted by Gasteiger charge is -2.27. The van der Waals surface area contributed by atoms with E-state index in [1.807, 2.05) is 31.3 Å². The molecule has 0 radical (unpaired) electrons. The summed E-state index contributed by atoms with van der Waals surface area (Å²) in [5, 5.41) is 0.635. The molecule has 6 heteroatoms. The summed E-state index contributed by atoms with van der Waals surface area (Å²) in [7, 11) is 3.49. The van der Waals surface area contributed by atoms with Crippen molar-refractivity contribution in [3.63, 3.8) is 0 Å². The van der Waals surface area contributed by atoms with Gasteiger partial charge < -0.3 is 4.90 Å². The van der Waals surface area contributed by atoms with E-state index in [0.29, 0.717) is 10.6 Å². The molecule has 0 spiro atoms. The first-order valence-electron chi connectivity index (χ1n) is 9.97. The highest BCUT2D eigenvalue weighted by atomic mass is 79.9. The van der Waals surface area contributed by atoms with E-state index in [4.69, 9.17) is 11.6 Å². The number of hydrogen-bond donors (Lipinski definition) is 0. The van der Waals surface area contributed by atoms with E-state index in [1.165, 1.54) is 11.1 Å². The Hall–Kier alpha value is -1.95. The maximum atomic E-state index is 12.1. The summed E-state index contributed by atoms with van der Waals surface area (Å²) in [4.78, 5) is 20.5. The summed E-state index contributed by atoms with van der Waals surface area (Å²) >= 11 is 10.1. The van der Waals surface area contributed by atoms with Gasteiger partial charge in [-0.1, -0.05) is 51.3 Å². The Balaban J connectivity index is 1.68. The van der Waals surface area contributed by atoms with Crippen molar-refractivity contribution in [2.45, 2.75) is 20.3 Å². The van der Waals surface area contributed by atoms with Gasteiger partial charge in [-0.15, -0.1) is 0 Å². The van der Waals surface area contributed by atoms with Crippen molar-refractivity contribution in [3.8, 4) is 0 Å². The normalized spacial score (nSPS) is 15.1. The number of amides is 1. The van der Waals surface area contributed by atoms with Gasteiger partial charge in [0.25, 0.3) is 5.91 Å². The Morgan fingerprint density at radius 3 is 2.70 bits per heavy atom. The van der Waals surface area contributed by atoms with Crippen LogP contribution in [0.2, 0.25) is 5.02 Å². The molecule has 158 valence electrons. The number of benzene rings is 1. The lowest BCUT2D eigenvalue weighted by Crippen LogP contribution is -2.30. The standard InChI is InChI=1S/C24H27BrClN3O/c1-16(13-21-17(2)27-10-7-22(21)25)15-29-11-8-18(9-12-29)20-6-5-19(14-23(20)26)24(30)28(3)4/h5-8,10,13-14H,9,11-12,15H2,1-4H3/b16-13+. The molecule has 2 heterocycles. The SMILES string of the molecule is C/C(=C\c1c(Br)ccnc1C)CN1CC=C(c2ccc(C(=O)N(C)C)cc2Cl)CC1. The van der Waals surface area contributed by atoms with E-state index in [0.717, 1.165) is 47.3 Å². The first kappa shape index (κ1) is 22.7. The molecule has 30 heavy (non-hydrogen) atoms. The number of pyridine rings is 1. The summed E-state index contributed by atoms with van der Waals surface area (Å²) in [5.74, 6) is -0.0370. The van der Waals surface area contributed by atoms with Crippen molar-refractivity contribution in [2.24, 2.45) is 0 Å². The lowest BCUT2D eigenvalue weighted by atomic mass is 9.97. The molecule has 0 saturated carbocycles. The molecule has 1 aliphatic rings. The average Bonchev–Trinajstić information content (AvgIpc) is 2.71. The topological polar surface area (TPSA) is 36.4 Å². The number of carbonyl (C=O) groups excluding carboxylic acids is 1. The van der Waals surface area contributed by atoms with Crippen LogP contribution >= 0.6 is 27.5 Å². The van der Waals surface area contributed by atoms with Gasteiger partial charge in [-0.3, -0.25) is 14.7 Å². The molecular formula is C24H27BrClN3O. The number of halogens is 2. The van der Waals surface area contributed by atoms with E-state index in [-0.39, 0.29) is 5.91 Å². The molecule has 1 amide bonds. The Kier molecular flexibility index (Phi) is 7.50. The summed E-state index contributed by atoms with van der Waals surface area (Å²) in [6.45, 7) is 6.95. The van der Waals surface area contributed by atoms with Crippen molar-refractivity contribution in [1.29, 1.82) is 0 Å². The molecule has 2 aromatic rings. The van der Waals surface area contributed by atoms with Crippen molar-refractivity contribution in [3.05, 3.63) is 74.0 Å². The molecule has 1 aromatic heterocycles. The van der Waals surface area contributed by atoms with Crippen LogP contribution in [0.15, 0.2) is 46.6 Å². The first-order chi connectivity index (χ1) is 14.3. The summed E-state index contributed by atoms with van der Waals surface area (Å²) < 4.78 is 1.07. The molecule has 0 N–H and O–H groups in total. The molecule has 0 saturated heterocycles. The second-order valence-corrected chi connectivity index (χ2v) is 9.15. The number of carbonyl (C=O) groups is 1. The quantitative estimate of drug-likeness (QED) is 0.542. The van der Waals surface area contributed by atoms with Crippen LogP contribution in [0.5, 0.6) is 0 Å². The second-order valence-electron chi connectivity index (χ2n) is 7.89.